The number of hydrogen-bond acceptors (Lipinski definition) is 38. The van der Waals surface area contributed by atoms with E-state index < -0.39 is 272 Å². The number of aliphatic hydroxyl groups excluding tert-OH is 22. The normalized spacial score (nSPS) is 44.2. The number of carbonyl (C=O) groups excluding carboxylic acids is 4. The van der Waals surface area contributed by atoms with Gasteiger partial charge in [0.25, 0.3) is 0 Å². The van der Waals surface area contributed by atoms with Crippen molar-refractivity contribution in [2.24, 2.45) is 0 Å². The summed E-state index contributed by atoms with van der Waals surface area (Å²) in [7, 11) is 0. The zero-order valence-corrected chi connectivity index (χ0v) is 51.3. The number of nitrogens with one attached hydrogen (secondary N) is 2. The number of hydrogen-bond donors (Lipinski definition) is 24. The van der Waals surface area contributed by atoms with Crippen molar-refractivity contribution in [3.8, 4) is 0 Å². The first kappa shape index (κ1) is 80.8. The Hall–Kier alpha value is -1.40. The van der Waals surface area contributed by atoms with Crippen molar-refractivity contribution in [2.75, 3.05) is 39.6 Å². The molecule has 0 aromatic carbocycles. The summed E-state index contributed by atoms with van der Waals surface area (Å²) in [6.45, 7) is -3.76. The van der Waals surface area contributed by atoms with Gasteiger partial charge in [-0.15, -0.1) is 0 Å². The maximum Gasteiger partial charge on any atom is 1.00 e. The number of aliphatic carboxylic acids is 2. The summed E-state index contributed by atoms with van der Waals surface area (Å²) in [5, 5.41) is 252. The van der Waals surface area contributed by atoms with Crippen molar-refractivity contribution < 1.29 is 248 Å². The van der Waals surface area contributed by atoms with E-state index in [0.29, 0.717) is 0 Å². The fraction of sp³-hybridized carbons (Fsp3) is 0.913. The summed E-state index contributed by atoms with van der Waals surface area (Å²) in [5.41, 5.74) is 0. The first-order valence-corrected chi connectivity index (χ1v) is 26.4. The summed E-state index contributed by atoms with van der Waals surface area (Å²) < 4.78 is 53.7. The van der Waals surface area contributed by atoms with E-state index in [-0.39, 0.29) is 59.1 Å². The Morgan fingerprint density at radius 2 is 0.875 bits per heavy atom. The molecule has 6 rings (SSSR count). The summed E-state index contributed by atoms with van der Waals surface area (Å²) in [6.07, 6.45) is -55.9. The van der Waals surface area contributed by atoms with Crippen molar-refractivity contribution in [2.45, 2.75) is 222 Å². The van der Waals surface area contributed by atoms with Crippen molar-refractivity contribution in [1.29, 1.82) is 0 Å². The molecule has 0 saturated carbocycles. The van der Waals surface area contributed by atoms with Gasteiger partial charge in [0, 0.05) is 26.7 Å². The Labute approximate surface area is 541 Å². The smallest absolute Gasteiger partial charge is 0.544 e. The van der Waals surface area contributed by atoms with E-state index in [2.05, 4.69) is 10.6 Å². The minimum atomic E-state index is -3.16. The second kappa shape index (κ2) is 34.8. The van der Waals surface area contributed by atoms with Crippen molar-refractivity contribution >= 4 is 23.8 Å². The van der Waals surface area contributed by atoms with Crippen LogP contribution >= 0.6 is 0 Å². The number of aliphatic hydroxyl groups is 22. The predicted octanol–water partition coefficient (Wildman–Crippen LogP) is -25.1. The van der Waals surface area contributed by atoms with E-state index in [9.17, 15) is 142 Å². The van der Waals surface area contributed by atoms with E-state index in [1.54, 1.807) is 0 Å². The third kappa shape index (κ3) is 18.3. The molecule has 32 atom stereocenters. The topological polar surface area (TPSA) is 676 Å². The molecule has 6 fully saturated rings. The maximum atomic E-state index is 12.5. The Kier molecular flexibility index (Phi) is 32.0. The summed E-state index contributed by atoms with van der Waals surface area (Å²) in [5.74, 6) is -12.0. The molecule has 0 aromatic rings. The van der Waals surface area contributed by atoms with Crippen LogP contribution in [0.1, 0.15) is 26.7 Å². The van der Waals surface area contributed by atoms with Gasteiger partial charge in [-0.1, -0.05) is 0 Å². The van der Waals surface area contributed by atoms with Gasteiger partial charge < -0.3 is 190 Å². The molecular weight excluding hydrogens is 1230 g/mol. The monoisotopic (exact) mass is 1310 g/mol. The molecule has 0 bridgehead atoms. The number of rotatable bonds is 22. The van der Waals surface area contributed by atoms with Crippen LogP contribution in [0.2, 0.25) is 0 Å². The summed E-state index contributed by atoms with van der Waals surface area (Å²) in [4.78, 5) is 48.2. The molecule has 0 radical (unpaired) electrons. The Morgan fingerprint density at radius 3 is 1.27 bits per heavy atom. The minimum Gasteiger partial charge on any atom is -0.544 e. The number of ether oxygens (including phenoxy) is 10. The van der Waals surface area contributed by atoms with Crippen LogP contribution in [-0.2, 0) is 66.5 Å². The van der Waals surface area contributed by atoms with E-state index >= 15 is 0 Å². The van der Waals surface area contributed by atoms with Crippen LogP contribution in [-0.4, -0.2) is 371 Å². The van der Waals surface area contributed by atoms with Crippen molar-refractivity contribution in [3.05, 3.63) is 0 Å². The molecule has 32 unspecified atom stereocenters. The average molecular weight is 1310 g/mol. The van der Waals surface area contributed by atoms with Gasteiger partial charge in [0.15, 0.2) is 25.2 Å². The summed E-state index contributed by atoms with van der Waals surface area (Å²) in [6, 6.07) is -3.10. The molecule has 6 saturated heterocycles. The predicted molar refractivity (Wildman–Crippen MR) is 255 cm³/mol. The zero-order chi connectivity index (χ0) is 64.8. The molecule has 2 amide bonds. The third-order valence-electron chi connectivity index (χ3n) is 14.9. The van der Waals surface area contributed by atoms with Crippen LogP contribution in [0.25, 0.3) is 0 Å². The van der Waals surface area contributed by atoms with Gasteiger partial charge in [0.05, 0.1) is 63.9 Å². The molecular formula is C46H76N2Na2O38. The van der Waals surface area contributed by atoms with Gasteiger partial charge >= 0.3 is 59.1 Å². The quantitative estimate of drug-likeness (QED) is 0.0448. The Balaban J connectivity index is 0.000000450. The maximum absolute atomic E-state index is 12.5. The molecule has 0 aromatic heterocycles. The standard InChI is InChI=1S/2C23H39NO19.2Na/c1-6(27)24-11-7(28)2-23(22(37)38,43-19(11)12(30)8(29)3-25)39-5-10-18(15(33)16(34)20(36)40-10)42-21-17(35)14(32)13(31)9(4-26)41-21;1-6(28)24-11-7(29)2-23(22(37)38,42-18(11)12(31)8(30)3-25)43-19-16(35)20(36)39-10(5-27)17(19)41-21-15(34)14(33)13(32)9(4-26)40-21;;/h7-21,25-26,28-36H,2-5H2,1H3,(H,24,27)(H,37,38);7-21,25-27,29-36H,2-5H2,1H3,(H,24,28)(H,37,38);;/q;;2*+1/p-2. The molecule has 0 aliphatic carbocycles. The Bertz CT molecular complexity index is 2190. The third-order valence-corrected chi connectivity index (χ3v) is 14.9. The van der Waals surface area contributed by atoms with Crippen LogP contribution in [0.15, 0.2) is 0 Å². The fourth-order valence-corrected chi connectivity index (χ4v) is 10.2. The number of carboxylic acids is 2. The van der Waals surface area contributed by atoms with E-state index in [0.717, 1.165) is 13.8 Å². The number of carbonyl (C=O) groups is 4. The van der Waals surface area contributed by atoms with Gasteiger partial charge in [-0.25, -0.2) is 0 Å². The van der Waals surface area contributed by atoms with Gasteiger partial charge in [-0.2, -0.15) is 0 Å². The van der Waals surface area contributed by atoms with Crippen LogP contribution in [0.3, 0.4) is 0 Å². The van der Waals surface area contributed by atoms with Gasteiger partial charge in [-0.3, -0.25) is 9.59 Å². The SMILES string of the molecule is CC(=O)NC1C(O)CC(OC2C(O)C(O)OC(CO)C2OC2OC(CO)C(O)C(O)C2O)(C(=O)[O-])OC1C(O)C(O)CO.CC(=O)NC1C(O)CC(OCC2OC(O)C(O)C(O)C2OC2OC(CO)C(O)C(O)C2O)(C(=O)[O-])OC1C(O)C(O)CO.[Na+].[Na+]. The van der Waals surface area contributed by atoms with Crippen LogP contribution in [0, 0.1) is 0 Å². The number of carboxylic acid groups (broad SMARTS) is 2. The Morgan fingerprint density at radius 1 is 0.489 bits per heavy atom. The summed E-state index contributed by atoms with van der Waals surface area (Å²) >= 11 is 0. The van der Waals surface area contributed by atoms with Gasteiger partial charge in [0.1, 0.15) is 146 Å². The van der Waals surface area contributed by atoms with E-state index in [1.165, 1.54) is 0 Å². The molecule has 42 heteroatoms. The largest absolute Gasteiger partial charge is 1.00 e. The van der Waals surface area contributed by atoms with Crippen molar-refractivity contribution in [1.82, 2.24) is 10.6 Å². The second-order valence-electron chi connectivity index (χ2n) is 21.0. The zero-order valence-electron chi connectivity index (χ0n) is 47.3. The van der Waals surface area contributed by atoms with E-state index in [4.69, 9.17) is 47.4 Å². The van der Waals surface area contributed by atoms with Crippen LogP contribution < -0.4 is 80.0 Å². The molecule has 40 nitrogen and oxygen atoms in total. The van der Waals surface area contributed by atoms with Gasteiger partial charge in [0.2, 0.25) is 23.4 Å². The average Bonchev–Trinajstić information content (AvgIpc) is 1.42. The van der Waals surface area contributed by atoms with Crippen LogP contribution in [0.5, 0.6) is 0 Å². The molecule has 24 N–H and O–H groups in total. The first-order chi connectivity index (χ1) is 40.2. The molecule has 6 aliphatic rings. The molecule has 88 heavy (non-hydrogen) atoms. The molecule has 0 spiro atoms. The minimum absolute atomic E-state index is 0. The fourth-order valence-electron chi connectivity index (χ4n) is 10.2. The van der Waals surface area contributed by atoms with Crippen molar-refractivity contribution in [3.63, 3.8) is 0 Å². The first-order valence-electron chi connectivity index (χ1n) is 26.4. The van der Waals surface area contributed by atoms with Gasteiger partial charge in [-0.05, 0) is 0 Å². The molecule has 6 aliphatic heterocycles. The molecule has 500 valence electrons. The second-order valence-corrected chi connectivity index (χ2v) is 21.0. The molecule has 6 heterocycles. The van der Waals surface area contributed by atoms with Crippen LogP contribution in [0.4, 0.5) is 0 Å². The number of amides is 2. The van der Waals surface area contributed by atoms with E-state index in [1.807, 2.05) is 0 Å².